The standard InChI is InChI=1S/C19H23N3O.C2H6/c1-22-18-10-13-3-2-4-15-11-16(23)5-6-19(15,7-8-20)17(13)9-14(18)12-21-22;1-2/h9-10,12,15-16,23H,2-7,11H2,1H3;1-2H3/t15?,16?,19-;/m0./s1. The molecule has 4 nitrogen and oxygen atoms in total. The molecular formula is C21H29N3O. The Balaban J connectivity index is 0.000000880. The Morgan fingerprint density at radius 3 is 2.92 bits per heavy atom. The molecule has 0 saturated heterocycles. The molecule has 2 aliphatic rings. The molecule has 3 atom stereocenters. The number of aryl methyl sites for hydroxylation is 2. The second-order valence-electron chi connectivity index (χ2n) is 7.34. The highest BCUT2D eigenvalue weighted by Gasteiger charge is 2.46. The number of aromatic nitrogens is 2. The average Bonchev–Trinajstić information content (AvgIpc) is 2.91. The van der Waals surface area contributed by atoms with Gasteiger partial charge in [0.15, 0.2) is 0 Å². The number of hydrogen-bond acceptors (Lipinski definition) is 3. The van der Waals surface area contributed by atoms with E-state index < -0.39 is 0 Å². The normalized spacial score (nSPS) is 28.1. The lowest BCUT2D eigenvalue weighted by Crippen LogP contribution is -2.41. The van der Waals surface area contributed by atoms with Gasteiger partial charge in [-0.3, -0.25) is 4.68 Å². The van der Waals surface area contributed by atoms with E-state index in [-0.39, 0.29) is 11.5 Å². The number of aliphatic hydroxyl groups excluding tert-OH is 1. The van der Waals surface area contributed by atoms with Gasteiger partial charge in [0.1, 0.15) is 0 Å². The Kier molecular flexibility index (Phi) is 5.15. The number of nitrogens with zero attached hydrogens (tertiary/aromatic N) is 3. The van der Waals surface area contributed by atoms with E-state index in [4.69, 9.17) is 0 Å². The zero-order chi connectivity index (χ0) is 18.0. The van der Waals surface area contributed by atoms with E-state index in [0.717, 1.165) is 43.9 Å². The number of fused-ring (bicyclic) bond motifs is 4. The van der Waals surface area contributed by atoms with Crippen LogP contribution in [-0.4, -0.2) is 21.0 Å². The van der Waals surface area contributed by atoms with Crippen molar-refractivity contribution in [2.75, 3.05) is 0 Å². The van der Waals surface area contributed by atoms with Crippen molar-refractivity contribution in [3.8, 4) is 6.07 Å². The summed E-state index contributed by atoms with van der Waals surface area (Å²) in [6.07, 6.45) is 8.17. The number of rotatable bonds is 1. The molecule has 134 valence electrons. The molecule has 0 radical (unpaired) electrons. The monoisotopic (exact) mass is 339 g/mol. The van der Waals surface area contributed by atoms with Crippen molar-refractivity contribution in [1.29, 1.82) is 5.26 Å². The Morgan fingerprint density at radius 2 is 2.16 bits per heavy atom. The van der Waals surface area contributed by atoms with Gasteiger partial charge in [-0.05, 0) is 67.7 Å². The average molecular weight is 339 g/mol. The van der Waals surface area contributed by atoms with E-state index in [2.05, 4.69) is 23.3 Å². The molecule has 0 amide bonds. The van der Waals surface area contributed by atoms with E-state index in [9.17, 15) is 10.4 Å². The maximum Gasteiger partial charge on any atom is 0.0682 e. The minimum Gasteiger partial charge on any atom is -0.393 e. The van der Waals surface area contributed by atoms with Crippen molar-refractivity contribution in [2.24, 2.45) is 13.0 Å². The first kappa shape index (κ1) is 17.9. The third kappa shape index (κ3) is 2.95. The molecule has 1 N–H and O–H groups in total. The van der Waals surface area contributed by atoms with E-state index in [1.165, 1.54) is 16.6 Å². The van der Waals surface area contributed by atoms with Crippen LogP contribution in [0.1, 0.15) is 63.5 Å². The minimum absolute atomic E-state index is 0.0795. The van der Waals surface area contributed by atoms with Gasteiger partial charge in [-0.15, -0.1) is 0 Å². The Hall–Kier alpha value is -1.86. The highest BCUT2D eigenvalue weighted by atomic mass is 16.3. The molecular weight excluding hydrogens is 310 g/mol. The van der Waals surface area contributed by atoms with Crippen LogP contribution in [0.2, 0.25) is 0 Å². The fourth-order valence-electron chi connectivity index (χ4n) is 4.97. The van der Waals surface area contributed by atoms with E-state index in [0.29, 0.717) is 12.3 Å². The third-order valence-electron chi connectivity index (χ3n) is 6.16. The summed E-state index contributed by atoms with van der Waals surface area (Å²) in [5, 5.41) is 25.2. The summed E-state index contributed by atoms with van der Waals surface area (Å²) in [6.45, 7) is 4.00. The molecule has 25 heavy (non-hydrogen) atoms. The first-order valence-corrected chi connectivity index (χ1v) is 9.64. The van der Waals surface area contributed by atoms with Crippen LogP contribution >= 0.6 is 0 Å². The zero-order valence-electron chi connectivity index (χ0n) is 15.6. The second-order valence-corrected chi connectivity index (χ2v) is 7.34. The number of benzene rings is 1. The summed E-state index contributed by atoms with van der Waals surface area (Å²) in [6, 6.07) is 7.03. The minimum atomic E-state index is -0.199. The van der Waals surface area contributed by atoms with E-state index >= 15 is 0 Å². The number of aliphatic hydroxyl groups is 1. The van der Waals surface area contributed by atoms with Gasteiger partial charge in [0, 0.05) is 24.3 Å². The van der Waals surface area contributed by atoms with Crippen LogP contribution in [0, 0.1) is 17.2 Å². The fourth-order valence-corrected chi connectivity index (χ4v) is 4.97. The van der Waals surface area contributed by atoms with Crippen molar-refractivity contribution in [3.05, 3.63) is 29.5 Å². The van der Waals surface area contributed by atoms with Crippen molar-refractivity contribution in [3.63, 3.8) is 0 Å². The molecule has 1 fully saturated rings. The molecule has 1 aromatic carbocycles. The highest BCUT2D eigenvalue weighted by Crippen LogP contribution is 2.51. The topological polar surface area (TPSA) is 61.8 Å². The van der Waals surface area contributed by atoms with Crippen LogP contribution in [-0.2, 0) is 18.9 Å². The van der Waals surface area contributed by atoms with Gasteiger partial charge in [-0.1, -0.05) is 13.8 Å². The third-order valence-corrected chi connectivity index (χ3v) is 6.16. The smallest absolute Gasteiger partial charge is 0.0682 e. The maximum atomic E-state index is 10.1. The summed E-state index contributed by atoms with van der Waals surface area (Å²) in [4.78, 5) is 0. The zero-order valence-corrected chi connectivity index (χ0v) is 15.6. The first-order chi connectivity index (χ1) is 12.1. The largest absolute Gasteiger partial charge is 0.393 e. The molecule has 2 aliphatic carbocycles. The number of hydrogen-bond donors (Lipinski definition) is 1. The lowest BCUT2D eigenvalue weighted by Gasteiger charge is -2.45. The maximum absolute atomic E-state index is 10.1. The van der Waals surface area contributed by atoms with E-state index in [1.54, 1.807) is 0 Å². The molecule has 1 heterocycles. The first-order valence-electron chi connectivity index (χ1n) is 9.64. The van der Waals surface area contributed by atoms with Crippen molar-refractivity contribution >= 4 is 10.9 Å². The molecule has 4 rings (SSSR count). The van der Waals surface area contributed by atoms with Crippen LogP contribution in [0.5, 0.6) is 0 Å². The predicted octanol–water partition coefficient (Wildman–Crippen LogP) is 4.25. The summed E-state index contributed by atoms with van der Waals surface area (Å²) in [7, 11) is 1.98. The van der Waals surface area contributed by atoms with Crippen molar-refractivity contribution in [1.82, 2.24) is 9.78 Å². The Morgan fingerprint density at radius 1 is 1.36 bits per heavy atom. The molecule has 0 bridgehead atoms. The molecule has 2 aromatic rings. The van der Waals surface area contributed by atoms with Crippen LogP contribution in [0.3, 0.4) is 0 Å². The van der Waals surface area contributed by atoms with Crippen molar-refractivity contribution in [2.45, 2.75) is 70.3 Å². The Labute approximate surface area is 150 Å². The van der Waals surface area contributed by atoms with Gasteiger partial charge in [-0.25, -0.2) is 0 Å². The molecule has 0 aliphatic heterocycles. The summed E-state index contributed by atoms with van der Waals surface area (Å²) >= 11 is 0. The van der Waals surface area contributed by atoms with E-state index in [1.807, 2.05) is 31.8 Å². The van der Waals surface area contributed by atoms with Crippen LogP contribution in [0.25, 0.3) is 10.9 Å². The lowest BCUT2D eigenvalue weighted by atomic mass is 9.59. The molecule has 2 unspecified atom stereocenters. The van der Waals surface area contributed by atoms with Gasteiger partial charge in [0.25, 0.3) is 0 Å². The van der Waals surface area contributed by atoms with Gasteiger partial charge >= 0.3 is 0 Å². The molecule has 4 heteroatoms. The highest BCUT2D eigenvalue weighted by molar-refractivity contribution is 5.81. The van der Waals surface area contributed by atoms with Gasteiger partial charge in [-0.2, -0.15) is 10.4 Å². The Bertz CT molecular complexity index is 788. The van der Waals surface area contributed by atoms with Gasteiger partial charge in [0.2, 0.25) is 0 Å². The van der Waals surface area contributed by atoms with Gasteiger partial charge < -0.3 is 5.11 Å². The SMILES string of the molecule is CC.Cn1ncc2cc3c(cc21)CCCC1CC(O)CC[C@@]31CC#N. The number of nitriles is 1. The lowest BCUT2D eigenvalue weighted by molar-refractivity contribution is 0.0486. The summed E-state index contributed by atoms with van der Waals surface area (Å²) in [5.41, 5.74) is 3.83. The van der Waals surface area contributed by atoms with Crippen molar-refractivity contribution < 1.29 is 5.11 Å². The summed E-state index contributed by atoms with van der Waals surface area (Å²) < 4.78 is 1.93. The summed E-state index contributed by atoms with van der Waals surface area (Å²) in [5.74, 6) is 0.418. The fraction of sp³-hybridized carbons (Fsp3) is 0.619. The van der Waals surface area contributed by atoms with Crippen LogP contribution < -0.4 is 0 Å². The van der Waals surface area contributed by atoms with Gasteiger partial charge in [0.05, 0.1) is 23.9 Å². The predicted molar refractivity (Wildman–Crippen MR) is 100 cm³/mol. The van der Waals surface area contributed by atoms with Crippen LogP contribution in [0.15, 0.2) is 18.3 Å². The molecule has 0 spiro atoms. The van der Waals surface area contributed by atoms with Crippen LogP contribution in [0.4, 0.5) is 0 Å². The second kappa shape index (κ2) is 7.17. The molecule has 1 saturated carbocycles. The quantitative estimate of drug-likeness (QED) is 0.845. The molecule has 1 aromatic heterocycles.